The summed E-state index contributed by atoms with van der Waals surface area (Å²) >= 11 is 0. The van der Waals surface area contributed by atoms with Gasteiger partial charge in [0.2, 0.25) is 17.5 Å². The number of amides is 2. The summed E-state index contributed by atoms with van der Waals surface area (Å²) in [6.45, 7) is 0. The molecule has 1 aromatic heterocycles. The Bertz CT molecular complexity index is 1250. The zero-order valence-corrected chi connectivity index (χ0v) is 17.0. The number of halogens is 1. The summed E-state index contributed by atoms with van der Waals surface area (Å²) in [4.78, 5) is 52.4. The number of nitrogens with one attached hydrogen (secondary N) is 4. The molecule has 0 aliphatic rings. The minimum Gasteiger partial charge on any atom is -0.276 e. The smallest absolute Gasteiger partial charge is 0.276 e. The first kappa shape index (κ1) is 23.5. The van der Waals surface area contributed by atoms with Crippen LogP contribution in [0.4, 0.5) is 27.4 Å². The predicted molar refractivity (Wildman–Crippen MR) is 115 cm³/mol. The molecule has 2 aromatic carbocycles. The molecule has 0 radical (unpaired) electrons. The number of nitrogens with zero attached hydrogens (tertiary/aromatic N) is 4. The first-order valence-electron chi connectivity index (χ1n) is 9.34. The lowest BCUT2D eigenvalue weighted by Gasteiger charge is -2.12. The Labute approximate surface area is 189 Å². The van der Waals surface area contributed by atoms with Gasteiger partial charge < -0.3 is 0 Å². The SMILES string of the molecule is O=C(Cc1ccc([N+](=O)[O-])cc1)NNc1ncnc(NNC(=O)c2ccccc2F)c1[N+](=O)[O-]. The molecular weight excluding hydrogens is 455 g/mol. The van der Waals surface area contributed by atoms with Gasteiger partial charge in [0.25, 0.3) is 11.6 Å². The van der Waals surface area contributed by atoms with Gasteiger partial charge in [0, 0.05) is 12.1 Å². The maximum absolute atomic E-state index is 13.7. The van der Waals surface area contributed by atoms with Crippen molar-refractivity contribution < 1.29 is 23.8 Å². The summed E-state index contributed by atoms with van der Waals surface area (Å²) in [5, 5.41) is 22.2. The zero-order chi connectivity index (χ0) is 24.7. The van der Waals surface area contributed by atoms with Crippen molar-refractivity contribution in [1.82, 2.24) is 20.8 Å². The normalized spacial score (nSPS) is 10.1. The van der Waals surface area contributed by atoms with Crippen LogP contribution in [-0.2, 0) is 11.2 Å². The third-order valence-electron chi connectivity index (χ3n) is 4.25. The Hall–Kier alpha value is -5.21. The van der Waals surface area contributed by atoms with E-state index in [2.05, 4.69) is 31.7 Å². The molecule has 0 aliphatic heterocycles. The summed E-state index contributed by atoms with van der Waals surface area (Å²) < 4.78 is 13.7. The number of benzene rings is 2. The van der Waals surface area contributed by atoms with Gasteiger partial charge in [-0.3, -0.25) is 51.5 Å². The van der Waals surface area contributed by atoms with Crippen molar-refractivity contribution in [1.29, 1.82) is 0 Å². The molecule has 0 saturated heterocycles. The van der Waals surface area contributed by atoms with Crippen molar-refractivity contribution in [3.63, 3.8) is 0 Å². The van der Waals surface area contributed by atoms with E-state index in [4.69, 9.17) is 0 Å². The van der Waals surface area contributed by atoms with Gasteiger partial charge in [-0.2, -0.15) is 0 Å². The van der Waals surface area contributed by atoms with Gasteiger partial charge in [0.15, 0.2) is 0 Å². The van der Waals surface area contributed by atoms with Crippen LogP contribution in [0.3, 0.4) is 0 Å². The summed E-state index contributed by atoms with van der Waals surface area (Å²) in [6.07, 6.45) is 0.739. The molecule has 0 spiro atoms. The highest BCUT2D eigenvalue weighted by Gasteiger charge is 2.24. The molecule has 174 valence electrons. The molecule has 0 unspecified atom stereocenters. The number of hydrazine groups is 2. The molecule has 0 fully saturated rings. The van der Waals surface area contributed by atoms with E-state index in [0.29, 0.717) is 5.56 Å². The number of hydrogen-bond acceptors (Lipinski definition) is 10. The molecule has 1 heterocycles. The highest BCUT2D eigenvalue weighted by molar-refractivity contribution is 5.95. The Morgan fingerprint density at radius 1 is 0.882 bits per heavy atom. The second-order valence-electron chi connectivity index (χ2n) is 6.51. The quantitative estimate of drug-likeness (QED) is 0.265. The number of nitro groups is 2. The van der Waals surface area contributed by atoms with Crippen LogP contribution in [0.5, 0.6) is 0 Å². The van der Waals surface area contributed by atoms with Crippen LogP contribution >= 0.6 is 0 Å². The Morgan fingerprint density at radius 2 is 1.50 bits per heavy atom. The Morgan fingerprint density at radius 3 is 2.09 bits per heavy atom. The third-order valence-corrected chi connectivity index (χ3v) is 4.25. The van der Waals surface area contributed by atoms with Crippen LogP contribution in [0.15, 0.2) is 54.9 Å². The third kappa shape index (κ3) is 5.72. The number of hydrogen-bond donors (Lipinski definition) is 4. The van der Waals surface area contributed by atoms with E-state index in [-0.39, 0.29) is 17.7 Å². The summed E-state index contributed by atoms with van der Waals surface area (Å²) in [6, 6.07) is 10.4. The lowest BCUT2D eigenvalue weighted by atomic mass is 10.1. The number of carbonyl (C=O) groups excluding carboxylic acids is 2. The van der Waals surface area contributed by atoms with Crippen molar-refractivity contribution in [2.45, 2.75) is 6.42 Å². The topological polar surface area (TPSA) is 194 Å². The number of nitro benzene ring substituents is 1. The molecular formula is C19H15FN8O6. The van der Waals surface area contributed by atoms with Gasteiger partial charge in [-0.25, -0.2) is 14.4 Å². The van der Waals surface area contributed by atoms with Crippen LogP contribution in [0.1, 0.15) is 15.9 Å². The number of non-ortho nitro benzene ring substituents is 1. The van der Waals surface area contributed by atoms with Gasteiger partial charge in [-0.15, -0.1) is 0 Å². The summed E-state index contributed by atoms with van der Waals surface area (Å²) in [7, 11) is 0. The van der Waals surface area contributed by atoms with Crippen molar-refractivity contribution in [3.8, 4) is 0 Å². The predicted octanol–water partition coefficient (Wildman–Crippen LogP) is 1.87. The molecule has 0 atom stereocenters. The fourth-order valence-electron chi connectivity index (χ4n) is 2.66. The second kappa shape index (κ2) is 10.4. The molecule has 0 saturated carbocycles. The van der Waals surface area contributed by atoms with Crippen molar-refractivity contribution in [3.05, 3.63) is 92.0 Å². The average molecular weight is 470 g/mol. The van der Waals surface area contributed by atoms with Crippen molar-refractivity contribution in [2.75, 3.05) is 10.9 Å². The maximum atomic E-state index is 13.7. The van der Waals surface area contributed by atoms with Crippen molar-refractivity contribution in [2.24, 2.45) is 0 Å². The average Bonchev–Trinajstić information content (AvgIpc) is 2.81. The van der Waals surface area contributed by atoms with Crippen LogP contribution in [0.2, 0.25) is 0 Å². The van der Waals surface area contributed by atoms with Gasteiger partial charge >= 0.3 is 5.69 Å². The minimum atomic E-state index is -0.906. The fraction of sp³-hybridized carbons (Fsp3) is 0.0526. The first-order valence-corrected chi connectivity index (χ1v) is 9.34. The molecule has 0 aliphatic carbocycles. The van der Waals surface area contributed by atoms with E-state index in [1.54, 1.807) is 0 Å². The fourth-order valence-corrected chi connectivity index (χ4v) is 2.66. The van der Waals surface area contributed by atoms with E-state index in [0.717, 1.165) is 12.4 Å². The first-order chi connectivity index (χ1) is 16.3. The van der Waals surface area contributed by atoms with Gasteiger partial charge in [-0.05, 0) is 17.7 Å². The molecule has 0 bridgehead atoms. The number of carbonyl (C=O) groups is 2. The molecule has 3 rings (SSSR count). The Balaban J connectivity index is 1.66. The highest BCUT2D eigenvalue weighted by Crippen LogP contribution is 2.27. The lowest BCUT2D eigenvalue weighted by molar-refractivity contribution is -0.384. The van der Waals surface area contributed by atoms with E-state index in [1.807, 2.05) is 0 Å². The van der Waals surface area contributed by atoms with Crippen LogP contribution in [0.25, 0.3) is 0 Å². The molecule has 14 nitrogen and oxygen atoms in total. The molecule has 4 N–H and O–H groups in total. The number of aromatic nitrogens is 2. The minimum absolute atomic E-state index is 0.138. The van der Waals surface area contributed by atoms with Crippen LogP contribution in [0, 0.1) is 26.0 Å². The monoisotopic (exact) mass is 470 g/mol. The summed E-state index contributed by atoms with van der Waals surface area (Å²) in [5.41, 5.74) is 8.16. The number of rotatable bonds is 9. The van der Waals surface area contributed by atoms with E-state index >= 15 is 0 Å². The van der Waals surface area contributed by atoms with Crippen molar-refractivity contribution >= 4 is 34.8 Å². The summed E-state index contributed by atoms with van der Waals surface area (Å²) in [5.74, 6) is -3.16. The Kier molecular flexibility index (Phi) is 7.17. The van der Waals surface area contributed by atoms with Crippen LogP contribution < -0.4 is 21.7 Å². The molecule has 3 aromatic rings. The maximum Gasteiger partial charge on any atom is 0.356 e. The van der Waals surface area contributed by atoms with Gasteiger partial charge in [0.1, 0.15) is 12.1 Å². The van der Waals surface area contributed by atoms with E-state index < -0.39 is 44.8 Å². The highest BCUT2D eigenvalue weighted by atomic mass is 19.1. The molecule has 15 heteroatoms. The van der Waals surface area contributed by atoms with E-state index in [9.17, 15) is 34.2 Å². The largest absolute Gasteiger partial charge is 0.356 e. The lowest BCUT2D eigenvalue weighted by Crippen LogP contribution is -2.33. The second-order valence-corrected chi connectivity index (χ2v) is 6.51. The standard InChI is InChI=1S/C19H15FN8O6/c20-14-4-2-1-3-13(14)19(30)26-25-18-16(28(33)34)17(21-10-22-18)24-23-15(29)9-11-5-7-12(8-6-11)27(31)32/h1-8,10H,9H2,(H,23,29)(H,26,30)(H2,21,22,24,25). The number of anilines is 2. The zero-order valence-electron chi connectivity index (χ0n) is 17.0. The van der Waals surface area contributed by atoms with Gasteiger partial charge in [-0.1, -0.05) is 24.3 Å². The molecule has 34 heavy (non-hydrogen) atoms. The van der Waals surface area contributed by atoms with E-state index in [1.165, 1.54) is 42.5 Å². The van der Waals surface area contributed by atoms with Gasteiger partial charge in [0.05, 0.1) is 21.8 Å². The van der Waals surface area contributed by atoms with Crippen LogP contribution in [-0.4, -0.2) is 31.6 Å². The molecule has 2 amide bonds.